The van der Waals surface area contributed by atoms with E-state index >= 15 is 0 Å². The Labute approximate surface area is 98.1 Å². The first-order valence-corrected chi connectivity index (χ1v) is 5.31. The van der Waals surface area contributed by atoms with Gasteiger partial charge in [0.15, 0.2) is 0 Å². The summed E-state index contributed by atoms with van der Waals surface area (Å²) in [6.07, 6.45) is 4.42. The van der Waals surface area contributed by atoms with Crippen LogP contribution in [-0.4, -0.2) is 12.0 Å². The monoisotopic (exact) mass is 223 g/mol. The molecule has 1 aromatic rings. The van der Waals surface area contributed by atoms with Gasteiger partial charge in [0.1, 0.15) is 17.7 Å². The van der Waals surface area contributed by atoms with E-state index in [1.54, 1.807) is 12.2 Å². The van der Waals surface area contributed by atoms with Crippen molar-refractivity contribution in [1.29, 1.82) is 0 Å². The topological polar surface area (TPSA) is 54.1 Å². The summed E-state index contributed by atoms with van der Waals surface area (Å²) in [6, 6.07) is 9.79. The second kappa shape index (κ2) is 3.90. The van der Waals surface area contributed by atoms with Gasteiger partial charge >= 0.3 is 0 Å². The summed E-state index contributed by atoms with van der Waals surface area (Å²) in [5.41, 5.74) is 3.21. The summed E-state index contributed by atoms with van der Waals surface area (Å²) in [7, 11) is 0. The molecule has 0 fully saturated rings. The summed E-state index contributed by atoms with van der Waals surface area (Å²) in [5.74, 6) is -0.149. The predicted molar refractivity (Wildman–Crippen MR) is 63.7 cm³/mol. The van der Waals surface area contributed by atoms with Crippen LogP contribution in [0.25, 0.3) is 0 Å². The Kier molecular flexibility index (Phi) is 2.26. The number of carbonyl (C=O) groups is 1. The van der Waals surface area contributed by atoms with Crippen molar-refractivity contribution in [3.8, 4) is 0 Å². The third kappa shape index (κ3) is 1.54. The molecule has 4 heteroatoms. The van der Waals surface area contributed by atoms with E-state index in [-0.39, 0.29) is 5.92 Å². The zero-order chi connectivity index (χ0) is 11.7. The largest absolute Gasteiger partial charge is 0.298 e. The molecule has 1 heterocycles. The summed E-state index contributed by atoms with van der Waals surface area (Å²) in [6.45, 7) is 0. The molecule has 1 atom stereocenters. The molecule has 0 bridgehead atoms. The van der Waals surface area contributed by atoms with E-state index in [1.165, 1.54) is 0 Å². The van der Waals surface area contributed by atoms with E-state index in [4.69, 9.17) is 0 Å². The first kappa shape index (κ1) is 9.84. The minimum absolute atomic E-state index is 0.149. The van der Waals surface area contributed by atoms with E-state index in [0.717, 1.165) is 23.3 Å². The highest BCUT2D eigenvalue weighted by Crippen LogP contribution is 2.34. The number of fused-ring (bicyclic) bond motifs is 1. The average molecular weight is 223 g/mol. The Hall–Kier alpha value is -2.36. The standard InChI is InChI=1S/C13H9N3O/c17-8-10-6-7-11-13(15-16-14-11)12(10)9-4-2-1-3-5-9/h1-8,12H. The molecule has 0 amide bonds. The summed E-state index contributed by atoms with van der Waals surface area (Å²) >= 11 is 0. The molecular weight excluding hydrogens is 214 g/mol. The van der Waals surface area contributed by atoms with Crippen molar-refractivity contribution < 1.29 is 4.79 Å². The Morgan fingerprint density at radius 3 is 2.71 bits per heavy atom. The number of benzene rings is 1. The lowest BCUT2D eigenvalue weighted by atomic mass is 9.83. The van der Waals surface area contributed by atoms with Gasteiger partial charge in [0.2, 0.25) is 0 Å². The van der Waals surface area contributed by atoms with Crippen LogP contribution < -0.4 is 0 Å². The third-order valence-corrected chi connectivity index (χ3v) is 2.88. The van der Waals surface area contributed by atoms with Gasteiger partial charge in [0.05, 0.1) is 5.92 Å². The predicted octanol–water partition coefficient (Wildman–Crippen LogP) is 2.61. The summed E-state index contributed by atoms with van der Waals surface area (Å²) < 4.78 is 0. The SMILES string of the molecule is O=CC1=CC=C2N=NN=C2C1c1ccccc1. The maximum atomic E-state index is 11.1. The normalized spacial score (nSPS) is 21.4. The van der Waals surface area contributed by atoms with Crippen molar-refractivity contribution in [2.75, 3.05) is 0 Å². The smallest absolute Gasteiger partial charge is 0.147 e. The molecule has 0 aromatic heterocycles. The Morgan fingerprint density at radius 1 is 1.12 bits per heavy atom. The van der Waals surface area contributed by atoms with E-state index in [1.807, 2.05) is 30.3 Å². The quantitative estimate of drug-likeness (QED) is 0.711. The molecule has 4 nitrogen and oxygen atoms in total. The first-order chi connectivity index (χ1) is 8.40. The molecule has 0 saturated carbocycles. The minimum Gasteiger partial charge on any atom is -0.298 e. The second-order valence-corrected chi connectivity index (χ2v) is 3.85. The molecule has 1 unspecified atom stereocenters. The van der Waals surface area contributed by atoms with Crippen molar-refractivity contribution >= 4 is 12.0 Å². The van der Waals surface area contributed by atoms with Crippen LogP contribution in [0.2, 0.25) is 0 Å². The van der Waals surface area contributed by atoms with E-state index < -0.39 is 0 Å². The zero-order valence-corrected chi connectivity index (χ0v) is 8.95. The fourth-order valence-corrected chi connectivity index (χ4v) is 2.08. The van der Waals surface area contributed by atoms with Crippen molar-refractivity contribution in [2.24, 2.45) is 15.4 Å². The van der Waals surface area contributed by atoms with Crippen molar-refractivity contribution in [2.45, 2.75) is 5.92 Å². The van der Waals surface area contributed by atoms with Crippen LogP contribution >= 0.6 is 0 Å². The fourth-order valence-electron chi connectivity index (χ4n) is 2.08. The molecule has 17 heavy (non-hydrogen) atoms. The van der Waals surface area contributed by atoms with Crippen LogP contribution in [0, 0.1) is 0 Å². The molecule has 1 aliphatic carbocycles. The van der Waals surface area contributed by atoms with Crippen molar-refractivity contribution in [3.05, 3.63) is 59.3 Å². The van der Waals surface area contributed by atoms with E-state index in [0.29, 0.717) is 5.57 Å². The molecule has 2 aliphatic rings. The van der Waals surface area contributed by atoms with Crippen LogP contribution in [0.1, 0.15) is 11.5 Å². The minimum atomic E-state index is -0.149. The lowest BCUT2D eigenvalue weighted by Gasteiger charge is -2.19. The van der Waals surface area contributed by atoms with Gasteiger partial charge in [-0.3, -0.25) is 4.79 Å². The van der Waals surface area contributed by atoms with Gasteiger partial charge in [-0.25, -0.2) is 0 Å². The van der Waals surface area contributed by atoms with Crippen LogP contribution in [-0.2, 0) is 4.79 Å². The van der Waals surface area contributed by atoms with Gasteiger partial charge in [-0.2, -0.15) is 0 Å². The van der Waals surface area contributed by atoms with E-state index in [9.17, 15) is 4.79 Å². The van der Waals surface area contributed by atoms with Crippen molar-refractivity contribution in [1.82, 2.24) is 0 Å². The number of nitrogens with zero attached hydrogens (tertiary/aromatic N) is 3. The van der Waals surface area contributed by atoms with Gasteiger partial charge in [0, 0.05) is 5.57 Å². The molecule has 1 aliphatic heterocycles. The number of carbonyl (C=O) groups excluding carboxylic acids is 1. The number of allylic oxidation sites excluding steroid dienone is 4. The molecular formula is C13H9N3O. The molecule has 0 N–H and O–H groups in total. The number of hydrogen-bond donors (Lipinski definition) is 0. The van der Waals surface area contributed by atoms with E-state index in [2.05, 4.69) is 15.4 Å². The highest BCUT2D eigenvalue weighted by Gasteiger charge is 2.30. The van der Waals surface area contributed by atoms with Crippen LogP contribution in [0.3, 0.4) is 0 Å². The molecule has 0 saturated heterocycles. The van der Waals surface area contributed by atoms with Gasteiger partial charge in [-0.15, -0.1) is 10.2 Å². The maximum Gasteiger partial charge on any atom is 0.147 e. The lowest BCUT2D eigenvalue weighted by molar-refractivity contribution is -0.105. The number of hydrogen-bond acceptors (Lipinski definition) is 4. The fraction of sp³-hybridized carbons (Fsp3) is 0.0769. The highest BCUT2D eigenvalue weighted by molar-refractivity contribution is 6.11. The number of rotatable bonds is 2. The molecule has 1 aromatic carbocycles. The van der Waals surface area contributed by atoms with Gasteiger partial charge < -0.3 is 0 Å². The summed E-state index contributed by atoms with van der Waals surface area (Å²) in [5, 5.41) is 11.6. The van der Waals surface area contributed by atoms with Crippen LogP contribution in [0.15, 0.2) is 69.2 Å². The Balaban J connectivity index is 2.12. The first-order valence-electron chi connectivity index (χ1n) is 5.31. The van der Waals surface area contributed by atoms with Crippen LogP contribution in [0.4, 0.5) is 0 Å². The van der Waals surface area contributed by atoms with Gasteiger partial charge in [-0.05, 0) is 16.9 Å². The average Bonchev–Trinajstić information content (AvgIpc) is 2.86. The molecule has 0 radical (unpaired) electrons. The lowest BCUT2D eigenvalue weighted by Crippen LogP contribution is -2.18. The molecule has 0 spiro atoms. The van der Waals surface area contributed by atoms with Gasteiger partial charge in [-0.1, -0.05) is 36.4 Å². The zero-order valence-electron chi connectivity index (χ0n) is 8.95. The van der Waals surface area contributed by atoms with Crippen molar-refractivity contribution in [3.63, 3.8) is 0 Å². The van der Waals surface area contributed by atoms with Gasteiger partial charge in [0.25, 0.3) is 0 Å². The molecule has 3 rings (SSSR count). The maximum absolute atomic E-state index is 11.1. The summed E-state index contributed by atoms with van der Waals surface area (Å²) in [4.78, 5) is 11.1. The highest BCUT2D eigenvalue weighted by atomic mass is 16.1. The number of aldehydes is 1. The molecule has 82 valence electrons. The van der Waals surface area contributed by atoms with Crippen LogP contribution in [0.5, 0.6) is 0 Å². The Bertz CT molecular complexity index is 580. The Morgan fingerprint density at radius 2 is 1.94 bits per heavy atom. The second-order valence-electron chi connectivity index (χ2n) is 3.85. The third-order valence-electron chi connectivity index (χ3n) is 2.88.